The van der Waals surface area contributed by atoms with Crippen LogP contribution in [0.1, 0.15) is 13.8 Å². The number of methoxy groups -OCH3 is 1. The summed E-state index contributed by atoms with van der Waals surface area (Å²) in [4.78, 5) is 37.6. The van der Waals surface area contributed by atoms with E-state index in [1.807, 2.05) is 12.2 Å². The number of nitro groups is 1. The number of benzene rings is 1. The molecule has 2 amide bonds. The maximum absolute atomic E-state index is 13.1. The van der Waals surface area contributed by atoms with Gasteiger partial charge in [-0.05, 0) is 19.9 Å². The number of nitrogens with zero attached hydrogens (tertiary/aromatic N) is 2. The van der Waals surface area contributed by atoms with E-state index >= 15 is 0 Å². The molecule has 4 atom stereocenters. The number of non-ortho nitro benzene ring substituents is 1. The molecule has 8 heteroatoms. The van der Waals surface area contributed by atoms with Crippen LogP contribution in [0.3, 0.4) is 0 Å². The second-order valence-electron chi connectivity index (χ2n) is 6.88. The molecule has 130 valence electrons. The van der Waals surface area contributed by atoms with Gasteiger partial charge in [0.15, 0.2) is 0 Å². The van der Waals surface area contributed by atoms with Crippen LogP contribution in [0.4, 0.5) is 11.4 Å². The van der Waals surface area contributed by atoms with Gasteiger partial charge in [0.25, 0.3) is 5.69 Å². The maximum atomic E-state index is 13.1. The van der Waals surface area contributed by atoms with E-state index < -0.39 is 39.8 Å². The Bertz CT molecular complexity index is 829. The molecule has 0 N–H and O–H groups in total. The first-order valence-corrected chi connectivity index (χ1v) is 7.83. The van der Waals surface area contributed by atoms with Crippen molar-refractivity contribution in [3.05, 3.63) is 40.5 Å². The van der Waals surface area contributed by atoms with Gasteiger partial charge in [-0.25, -0.2) is 4.90 Å². The second kappa shape index (κ2) is 4.66. The molecule has 0 spiro atoms. The van der Waals surface area contributed by atoms with Crippen LogP contribution in [-0.4, -0.2) is 35.0 Å². The number of carbonyl (C=O) groups excluding carboxylic acids is 2. The largest absolute Gasteiger partial charge is 0.495 e. The van der Waals surface area contributed by atoms with Gasteiger partial charge in [-0.15, -0.1) is 0 Å². The minimum absolute atomic E-state index is 0.0905. The summed E-state index contributed by atoms with van der Waals surface area (Å²) >= 11 is 0. The number of imide groups is 1. The van der Waals surface area contributed by atoms with Crippen molar-refractivity contribution in [2.24, 2.45) is 11.8 Å². The normalized spacial score (nSPS) is 35.4. The average Bonchev–Trinajstić information content (AvgIpc) is 3.11. The lowest BCUT2D eigenvalue weighted by Gasteiger charge is -2.25. The number of fused-ring (bicyclic) bond motifs is 5. The third-order valence-corrected chi connectivity index (χ3v) is 5.34. The predicted molar refractivity (Wildman–Crippen MR) is 86.2 cm³/mol. The van der Waals surface area contributed by atoms with E-state index in [0.717, 1.165) is 4.90 Å². The molecule has 1 aromatic carbocycles. The van der Waals surface area contributed by atoms with Crippen molar-refractivity contribution < 1.29 is 24.0 Å². The van der Waals surface area contributed by atoms with Gasteiger partial charge in [0, 0.05) is 12.1 Å². The summed E-state index contributed by atoms with van der Waals surface area (Å²) in [5.41, 5.74) is -1.83. The summed E-state index contributed by atoms with van der Waals surface area (Å²) in [6.07, 6.45) is 3.63. The molecule has 3 aliphatic heterocycles. The third kappa shape index (κ3) is 1.85. The topological polar surface area (TPSA) is 99.0 Å². The van der Waals surface area contributed by atoms with Crippen molar-refractivity contribution in [2.75, 3.05) is 12.0 Å². The van der Waals surface area contributed by atoms with Crippen molar-refractivity contribution in [2.45, 2.75) is 25.0 Å². The van der Waals surface area contributed by atoms with Crippen molar-refractivity contribution in [3.63, 3.8) is 0 Å². The van der Waals surface area contributed by atoms with Gasteiger partial charge in [-0.2, -0.15) is 0 Å². The van der Waals surface area contributed by atoms with E-state index in [9.17, 15) is 19.7 Å². The molecule has 0 radical (unpaired) electrons. The van der Waals surface area contributed by atoms with E-state index in [2.05, 4.69) is 0 Å². The fourth-order valence-corrected chi connectivity index (χ4v) is 4.24. The third-order valence-electron chi connectivity index (χ3n) is 5.34. The van der Waals surface area contributed by atoms with Crippen LogP contribution in [-0.2, 0) is 14.3 Å². The van der Waals surface area contributed by atoms with Crippen LogP contribution < -0.4 is 9.64 Å². The van der Waals surface area contributed by atoms with Crippen molar-refractivity contribution in [3.8, 4) is 5.75 Å². The van der Waals surface area contributed by atoms with E-state index in [-0.39, 0.29) is 17.1 Å². The Morgan fingerprint density at radius 2 is 1.72 bits per heavy atom. The Morgan fingerprint density at radius 1 is 1.16 bits per heavy atom. The molecule has 2 saturated heterocycles. The highest BCUT2D eigenvalue weighted by Crippen LogP contribution is 2.58. The number of ether oxygens (including phenoxy) is 2. The highest BCUT2D eigenvalue weighted by Gasteiger charge is 2.70. The van der Waals surface area contributed by atoms with Gasteiger partial charge < -0.3 is 9.47 Å². The lowest BCUT2D eigenvalue weighted by molar-refractivity contribution is -0.384. The fourth-order valence-electron chi connectivity index (χ4n) is 4.24. The molecule has 4 rings (SSSR count). The minimum atomic E-state index is -0.852. The van der Waals surface area contributed by atoms with Crippen molar-refractivity contribution in [1.82, 2.24) is 0 Å². The van der Waals surface area contributed by atoms with Gasteiger partial charge >= 0.3 is 0 Å². The van der Waals surface area contributed by atoms with Crippen LogP contribution in [0.2, 0.25) is 0 Å². The van der Waals surface area contributed by atoms with Gasteiger partial charge in [0.05, 0.1) is 35.1 Å². The Labute approximate surface area is 143 Å². The van der Waals surface area contributed by atoms with Crippen LogP contribution >= 0.6 is 0 Å². The monoisotopic (exact) mass is 344 g/mol. The summed E-state index contributed by atoms with van der Waals surface area (Å²) in [7, 11) is 1.38. The number of anilines is 1. The highest BCUT2D eigenvalue weighted by atomic mass is 16.6. The van der Waals surface area contributed by atoms with Gasteiger partial charge in [-0.1, -0.05) is 12.2 Å². The molecule has 0 unspecified atom stereocenters. The summed E-state index contributed by atoms with van der Waals surface area (Å²) < 4.78 is 11.2. The fraction of sp³-hybridized carbons (Fsp3) is 0.412. The molecular weight excluding hydrogens is 328 g/mol. The molecule has 8 nitrogen and oxygen atoms in total. The van der Waals surface area contributed by atoms with E-state index in [1.54, 1.807) is 13.8 Å². The lowest BCUT2D eigenvalue weighted by Crippen LogP contribution is -2.39. The first kappa shape index (κ1) is 15.8. The summed E-state index contributed by atoms with van der Waals surface area (Å²) in [6, 6.07) is 3.84. The second-order valence-corrected chi connectivity index (χ2v) is 6.88. The predicted octanol–water partition coefficient (Wildman–Crippen LogP) is 1.83. The van der Waals surface area contributed by atoms with E-state index in [4.69, 9.17) is 9.47 Å². The zero-order valence-electron chi connectivity index (χ0n) is 13.9. The van der Waals surface area contributed by atoms with Gasteiger partial charge in [0.2, 0.25) is 11.8 Å². The molecule has 0 saturated carbocycles. The summed E-state index contributed by atoms with van der Waals surface area (Å²) in [5.74, 6) is -1.93. The van der Waals surface area contributed by atoms with Crippen LogP contribution in [0.15, 0.2) is 30.4 Å². The molecule has 0 aliphatic carbocycles. The van der Waals surface area contributed by atoms with E-state index in [0.29, 0.717) is 0 Å². The summed E-state index contributed by atoms with van der Waals surface area (Å²) in [6.45, 7) is 3.55. The highest BCUT2D eigenvalue weighted by molar-refractivity contribution is 6.24. The van der Waals surface area contributed by atoms with E-state index in [1.165, 1.54) is 25.3 Å². The average molecular weight is 344 g/mol. The molecular formula is C17H16N2O6. The standard InChI is InChI=1S/C17H16N2O6/c1-16-6-7-17(2,25-16)13-12(16)14(20)18(15(13)21)10-8-9(19(22)23)4-5-11(10)24-3/h4-8,12-13H,1-3H3/t12-,13-,16-,17+/m1/s1. The zero-order chi connectivity index (χ0) is 18.1. The van der Waals surface area contributed by atoms with Crippen molar-refractivity contribution in [1.29, 1.82) is 0 Å². The molecule has 0 aromatic heterocycles. The minimum Gasteiger partial charge on any atom is -0.495 e. The van der Waals surface area contributed by atoms with Gasteiger partial charge in [0.1, 0.15) is 11.4 Å². The number of hydrogen-bond acceptors (Lipinski definition) is 6. The van der Waals surface area contributed by atoms with Crippen LogP contribution in [0.5, 0.6) is 5.75 Å². The molecule has 1 aromatic rings. The molecule has 3 heterocycles. The number of nitro benzene ring substituents is 1. The molecule has 2 fully saturated rings. The van der Waals surface area contributed by atoms with Crippen LogP contribution in [0, 0.1) is 22.0 Å². The zero-order valence-corrected chi connectivity index (χ0v) is 13.9. The Balaban J connectivity index is 1.84. The lowest BCUT2D eigenvalue weighted by atomic mass is 9.73. The number of amides is 2. The quantitative estimate of drug-likeness (QED) is 0.359. The number of hydrogen-bond donors (Lipinski definition) is 0. The SMILES string of the molecule is COc1ccc([N+](=O)[O-])cc1N1C(=O)[C@H]2[C@H](C1=O)[C@]1(C)C=C[C@@]2(C)O1. The first-order chi connectivity index (χ1) is 11.7. The summed E-state index contributed by atoms with van der Waals surface area (Å²) in [5, 5.41) is 11.1. The Hall–Kier alpha value is -2.74. The number of carbonyl (C=O) groups is 2. The Kier molecular flexibility index (Phi) is 2.94. The number of rotatable bonds is 3. The smallest absolute Gasteiger partial charge is 0.271 e. The molecule has 25 heavy (non-hydrogen) atoms. The van der Waals surface area contributed by atoms with Crippen LogP contribution in [0.25, 0.3) is 0 Å². The molecule has 2 bridgehead atoms. The Morgan fingerprint density at radius 3 is 2.20 bits per heavy atom. The molecule has 3 aliphatic rings. The van der Waals surface area contributed by atoms with Gasteiger partial charge in [-0.3, -0.25) is 19.7 Å². The first-order valence-electron chi connectivity index (χ1n) is 7.83. The van der Waals surface area contributed by atoms with Crippen molar-refractivity contribution >= 4 is 23.2 Å². The maximum Gasteiger partial charge on any atom is 0.271 e.